The first-order valence-electron chi connectivity index (χ1n) is 7.78. The number of hydrogen-bond acceptors (Lipinski definition) is 4. The Balaban J connectivity index is 1.59. The number of carbonyl (C=O) groups excluding carboxylic acids is 1. The predicted octanol–water partition coefficient (Wildman–Crippen LogP) is 4.10. The van der Waals surface area contributed by atoms with Gasteiger partial charge in [-0.25, -0.2) is 0 Å². The Morgan fingerprint density at radius 3 is 2.25 bits per heavy atom. The van der Waals surface area contributed by atoms with E-state index >= 15 is 0 Å². The van der Waals surface area contributed by atoms with Gasteiger partial charge in [-0.15, -0.1) is 0 Å². The summed E-state index contributed by atoms with van der Waals surface area (Å²) in [5, 5.41) is 0.608. The van der Waals surface area contributed by atoms with Crippen molar-refractivity contribution < 1.29 is 19.0 Å². The summed E-state index contributed by atoms with van der Waals surface area (Å²) in [5.41, 5.74) is 1.21. The molecule has 0 aromatic heterocycles. The molecule has 0 bridgehead atoms. The standard InChI is InChI=1S/C19H19ClO4/c1-19(2)23-12-17(24-19)11-22-16-9-5-14(6-10-16)18(21)13-3-7-15(20)8-4-13/h3-10,17H,11-12H2,1-2H3. The molecular weight excluding hydrogens is 328 g/mol. The van der Waals surface area contributed by atoms with Crippen LogP contribution < -0.4 is 4.74 Å². The highest BCUT2D eigenvalue weighted by molar-refractivity contribution is 6.30. The summed E-state index contributed by atoms with van der Waals surface area (Å²) in [6.45, 7) is 4.68. The van der Waals surface area contributed by atoms with Crippen molar-refractivity contribution in [2.45, 2.75) is 25.7 Å². The molecule has 4 nitrogen and oxygen atoms in total. The van der Waals surface area contributed by atoms with Gasteiger partial charge in [0.25, 0.3) is 0 Å². The fraction of sp³-hybridized carbons (Fsp3) is 0.316. The minimum Gasteiger partial charge on any atom is -0.491 e. The molecule has 1 aliphatic heterocycles. The molecule has 2 aromatic carbocycles. The smallest absolute Gasteiger partial charge is 0.193 e. The number of hydrogen-bond donors (Lipinski definition) is 0. The molecule has 1 heterocycles. The average molecular weight is 347 g/mol. The second kappa shape index (κ2) is 6.93. The molecule has 1 saturated heterocycles. The van der Waals surface area contributed by atoms with E-state index in [1.54, 1.807) is 48.5 Å². The zero-order chi connectivity index (χ0) is 17.2. The minimum absolute atomic E-state index is 0.0486. The number of halogens is 1. The van der Waals surface area contributed by atoms with E-state index in [1.807, 2.05) is 13.8 Å². The van der Waals surface area contributed by atoms with Crippen LogP contribution >= 0.6 is 11.6 Å². The van der Waals surface area contributed by atoms with Crippen molar-refractivity contribution in [1.29, 1.82) is 0 Å². The molecule has 2 aromatic rings. The molecule has 0 saturated carbocycles. The quantitative estimate of drug-likeness (QED) is 0.764. The van der Waals surface area contributed by atoms with E-state index in [0.717, 1.165) is 0 Å². The van der Waals surface area contributed by atoms with Crippen LogP contribution in [0.15, 0.2) is 48.5 Å². The highest BCUT2D eigenvalue weighted by Crippen LogP contribution is 2.23. The first kappa shape index (κ1) is 17.0. The van der Waals surface area contributed by atoms with Crippen LogP contribution in [0.3, 0.4) is 0 Å². The third-order valence-electron chi connectivity index (χ3n) is 3.73. The third kappa shape index (κ3) is 4.15. The van der Waals surface area contributed by atoms with Crippen molar-refractivity contribution in [2.24, 2.45) is 0 Å². The highest BCUT2D eigenvalue weighted by Gasteiger charge is 2.32. The molecule has 126 valence electrons. The zero-order valence-corrected chi connectivity index (χ0v) is 14.4. The van der Waals surface area contributed by atoms with Crippen LogP contribution in [0.4, 0.5) is 0 Å². The van der Waals surface area contributed by atoms with Crippen LogP contribution in [0.5, 0.6) is 5.75 Å². The summed E-state index contributed by atoms with van der Waals surface area (Å²) in [4.78, 5) is 12.4. The van der Waals surface area contributed by atoms with E-state index in [0.29, 0.717) is 35.1 Å². The van der Waals surface area contributed by atoms with Crippen molar-refractivity contribution in [2.75, 3.05) is 13.2 Å². The van der Waals surface area contributed by atoms with Crippen LogP contribution in [0.2, 0.25) is 5.02 Å². The van der Waals surface area contributed by atoms with Gasteiger partial charge in [-0.05, 0) is 62.4 Å². The van der Waals surface area contributed by atoms with E-state index in [4.69, 9.17) is 25.8 Å². The van der Waals surface area contributed by atoms with Gasteiger partial charge in [0.1, 0.15) is 18.5 Å². The lowest BCUT2D eigenvalue weighted by molar-refractivity contribution is -0.141. The Kier molecular flexibility index (Phi) is 4.90. The van der Waals surface area contributed by atoms with Crippen LogP contribution in [-0.4, -0.2) is 30.9 Å². The summed E-state index contributed by atoms with van der Waals surface area (Å²) in [6, 6.07) is 13.9. The van der Waals surface area contributed by atoms with Crippen molar-refractivity contribution in [3.8, 4) is 5.75 Å². The zero-order valence-electron chi connectivity index (χ0n) is 13.6. The van der Waals surface area contributed by atoms with Crippen LogP contribution in [-0.2, 0) is 9.47 Å². The van der Waals surface area contributed by atoms with E-state index < -0.39 is 5.79 Å². The Hall–Kier alpha value is -1.88. The first-order chi connectivity index (χ1) is 11.4. The van der Waals surface area contributed by atoms with Crippen LogP contribution in [0, 0.1) is 0 Å². The fourth-order valence-electron chi connectivity index (χ4n) is 2.50. The van der Waals surface area contributed by atoms with Gasteiger partial charge in [0, 0.05) is 16.1 Å². The fourth-order valence-corrected chi connectivity index (χ4v) is 2.63. The molecule has 0 aliphatic carbocycles. The number of ketones is 1. The summed E-state index contributed by atoms with van der Waals surface area (Å²) in [7, 11) is 0. The molecule has 24 heavy (non-hydrogen) atoms. The van der Waals surface area contributed by atoms with Gasteiger partial charge >= 0.3 is 0 Å². The first-order valence-corrected chi connectivity index (χ1v) is 8.16. The van der Waals surface area contributed by atoms with Crippen molar-refractivity contribution >= 4 is 17.4 Å². The Labute approximate surface area is 146 Å². The van der Waals surface area contributed by atoms with Crippen molar-refractivity contribution in [1.82, 2.24) is 0 Å². The molecule has 0 N–H and O–H groups in total. The summed E-state index contributed by atoms with van der Waals surface area (Å²) in [6.07, 6.45) is -0.0876. The van der Waals surface area contributed by atoms with E-state index in [2.05, 4.69) is 0 Å². The van der Waals surface area contributed by atoms with Gasteiger partial charge in [-0.2, -0.15) is 0 Å². The average Bonchev–Trinajstić information content (AvgIpc) is 2.93. The summed E-state index contributed by atoms with van der Waals surface area (Å²) in [5.74, 6) is 0.0894. The molecule has 0 radical (unpaired) electrons. The number of carbonyl (C=O) groups is 1. The van der Waals surface area contributed by atoms with Gasteiger partial charge in [-0.3, -0.25) is 4.79 Å². The number of rotatable bonds is 5. The van der Waals surface area contributed by atoms with E-state index in [-0.39, 0.29) is 11.9 Å². The molecule has 0 spiro atoms. The molecule has 1 aliphatic rings. The SMILES string of the molecule is CC1(C)OCC(COc2ccc(C(=O)c3ccc(Cl)cc3)cc2)O1. The molecule has 1 atom stereocenters. The second-order valence-electron chi connectivity index (χ2n) is 6.12. The van der Waals surface area contributed by atoms with Gasteiger partial charge in [-0.1, -0.05) is 11.6 Å². The van der Waals surface area contributed by atoms with E-state index in [9.17, 15) is 4.79 Å². The number of benzene rings is 2. The Morgan fingerprint density at radius 2 is 1.71 bits per heavy atom. The summed E-state index contributed by atoms with van der Waals surface area (Å²) < 4.78 is 16.9. The largest absolute Gasteiger partial charge is 0.491 e. The molecule has 3 rings (SSSR count). The maximum Gasteiger partial charge on any atom is 0.193 e. The third-order valence-corrected chi connectivity index (χ3v) is 3.98. The molecular formula is C19H19ClO4. The normalized spacial score (nSPS) is 19.2. The minimum atomic E-state index is -0.553. The van der Waals surface area contributed by atoms with Gasteiger partial charge in [0.15, 0.2) is 11.6 Å². The molecule has 1 unspecified atom stereocenters. The topological polar surface area (TPSA) is 44.8 Å². The lowest BCUT2D eigenvalue weighted by Crippen LogP contribution is -2.25. The lowest BCUT2D eigenvalue weighted by atomic mass is 10.0. The lowest BCUT2D eigenvalue weighted by Gasteiger charge is -2.17. The van der Waals surface area contributed by atoms with Gasteiger partial charge in [0.2, 0.25) is 0 Å². The monoisotopic (exact) mass is 346 g/mol. The Morgan fingerprint density at radius 1 is 1.12 bits per heavy atom. The maximum absolute atomic E-state index is 12.4. The van der Waals surface area contributed by atoms with Gasteiger partial charge in [0.05, 0.1) is 6.61 Å². The second-order valence-corrected chi connectivity index (χ2v) is 6.56. The maximum atomic E-state index is 12.4. The molecule has 0 amide bonds. The highest BCUT2D eigenvalue weighted by atomic mass is 35.5. The number of ether oxygens (including phenoxy) is 3. The summed E-state index contributed by atoms with van der Waals surface area (Å²) >= 11 is 5.84. The van der Waals surface area contributed by atoms with Gasteiger partial charge < -0.3 is 14.2 Å². The van der Waals surface area contributed by atoms with E-state index in [1.165, 1.54) is 0 Å². The van der Waals surface area contributed by atoms with Crippen molar-refractivity contribution in [3.05, 3.63) is 64.7 Å². The predicted molar refractivity (Wildman–Crippen MR) is 91.7 cm³/mol. The molecule has 1 fully saturated rings. The van der Waals surface area contributed by atoms with Crippen molar-refractivity contribution in [3.63, 3.8) is 0 Å². The van der Waals surface area contributed by atoms with Crippen LogP contribution in [0.25, 0.3) is 0 Å². The van der Waals surface area contributed by atoms with Crippen LogP contribution in [0.1, 0.15) is 29.8 Å². The molecule has 5 heteroatoms. The Bertz CT molecular complexity index is 707.